The molecule has 0 atom stereocenters. The van der Waals surface area contributed by atoms with Crippen LogP contribution in [0.2, 0.25) is 0 Å². The average molecular weight is 455 g/mol. The van der Waals surface area contributed by atoms with Crippen molar-refractivity contribution in [3.8, 4) is 11.4 Å². The number of hydrogen-bond acceptors (Lipinski definition) is 7. The molecule has 170 valence electrons. The van der Waals surface area contributed by atoms with Crippen molar-refractivity contribution in [1.29, 1.82) is 0 Å². The summed E-state index contributed by atoms with van der Waals surface area (Å²) in [6.45, 7) is 8.43. The summed E-state index contributed by atoms with van der Waals surface area (Å²) in [5.74, 6) is -1.49. The number of benzene rings is 1. The number of esters is 1. The van der Waals surface area contributed by atoms with Crippen LogP contribution in [0.5, 0.6) is 5.75 Å². The highest BCUT2D eigenvalue weighted by atomic mass is 31.2. The monoisotopic (exact) mass is 455 g/mol. The van der Waals surface area contributed by atoms with Gasteiger partial charge in [0, 0.05) is 11.9 Å². The molecule has 0 unspecified atom stereocenters. The number of carbonyl (C=O) groups is 1. The van der Waals surface area contributed by atoms with Gasteiger partial charge in [-0.15, -0.1) is 0 Å². The van der Waals surface area contributed by atoms with E-state index in [1.807, 2.05) is 0 Å². The molecule has 0 bridgehead atoms. The second-order valence-corrected chi connectivity index (χ2v) is 9.02. The van der Waals surface area contributed by atoms with Gasteiger partial charge < -0.3 is 18.5 Å². The second kappa shape index (κ2) is 10.7. The van der Waals surface area contributed by atoms with E-state index >= 15 is 0 Å². The standard InChI is InChI=1S/C21H27FNO7P/c1-6-27-21(25)19-18(28-13-31(26,29-14(2)3)30-15(4)5)11-12-23(20(19)24)17-9-7-16(22)8-10-17/h7-12,14-15H,6,13H2,1-5H3. The molecule has 0 saturated carbocycles. The van der Waals surface area contributed by atoms with Crippen LogP contribution in [0.3, 0.4) is 0 Å². The van der Waals surface area contributed by atoms with Gasteiger partial charge in [0.1, 0.15) is 11.6 Å². The van der Waals surface area contributed by atoms with Crippen LogP contribution in [0.1, 0.15) is 45.0 Å². The number of hydrogen-bond donors (Lipinski definition) is 0. The van der Waals surface area contributed by atoms with Crippen molar-refractivity contribution in [3.63, 3.8) is 0 Å². The first-order valence-electron chi connectivity index (χ1n) is 9.83. The van der Waals surface area contributed by atoms with Crippen LogP contribution in [-0.4, -0.2) is 35.7 Å². The van der Waals surface area contributed by atoms with Crippen molar-refractivity contribution in [1.82, 2.24) is 4.57 Å². The van der Waals surface area contributed by atoms with E-state index in [2.05, 4.69) is 0 Å². The van der Waals surface area contributed by atoms with E-state index in [9.17, 15) is 18.5 Å². The van der Waals surface area contributed by atoms with Gasteiger partial charge in [-0.3, -0.25) is 13.9 Å². The second-order valence-electron chi connectivity index (χ2n) is 7.12. The summed E-state index contributed by atoms with van der Waals surface area (Å²) < 4.78 is 48.8. The van der Waals surface area contributed by atoms with Gasteiger partial charge in [0.15, 0.2) is 11.9 Å². The fourth-order valence-electron chi connectivity index (χ4n) is 2.71. The molecule has 2 aromatic rings. The average Bonchev–Trinajstić information content (AvgIpc) is 2.66. The minimum absolute atomic E-state index is 0.0363. The Hall–Kier alpha value is -2.48. The highest BCUT2D eigenvalue weighted by molar-refractivity contribution is 7.53. The Labute approximate surface area is 180 Å². The normalized spacial score (nSPS) is 11.7. The van der Waals surface area contributed by atoms with Crippen molar-refractivity contribution in [2.75, 3.05) is 13.0 Å². The Morgan fingerprint density at radius 3 is 2.16 bits per heavy atom. The molecule has 0 amide bonds. The zero-order valence-corrected chi connectivity index (χ0v) is 19.1. The zero-order chi connectivity index (χ0) is 23.2. The maximum absolute atomic E-state index is 13.2. The predicted molar refractivity (Wildman–Crippen MR) is 113 cm³/mol. The third-order valence-electron chi connectivity index (χ3n) is 3.76. The van der Waals surface area contributed by atoms with E-state index in [4.69, 9.17) is 18.5 Å². The van der Waals surface area contributed by atoms with Gasteiger partial charge in [0.2, 0.25) is 0 Å². The molecule has 1 heterocycles. The molecular formula is C21H27FNO7P. The minimum atomic E-state index is -3.68. The third kappa shape index (κ3) is 6.75. The Balaban J connectivity index is 2.45. The molecule has 10 heteroatoms. The summed E-state index contributed by atoms with van der Waals surface area (Å²) >= 11 is 0. The lowest BCUT2D eigenvalue weighted by Crippen LogP contribution is -2.27. The lowest BCUT2D eigenvalue weighted by Gasteiger charge is -2.23. The number of rotatable bonds is 10. The van der Waals surface area contributed by atoms with Gasteiger partial charge in [0.05, 0.1) is 18.8 Å². The largest absolute Gasteiger partial charge is 0.480 e. The molecule has 0 N–H and O–H groups in total. The summed E-state index contributed by atoms with van der Waals surface area (Å²) in [6.07, 6.45) is 0.0642. The zero-order valence-electron chi connectivity index (χ0n) is 18.2. The van der Waals surface area contributed by atoms with E-state index in [-0.39, 0.29) is 17.9 Å². The molecule has 0 spiro atoms. The van der Waals surface area contributed by atoms with Gasteiger partial charge in [-0.25, -0.2) is 9.18 Å². The smallest absolute Gasteiger partial charge is 0.368 e. The van der Waals surface area contributed by atoms with Crippen LogP contribution in [0.15, 0.2) is 41.3 Å². The van der Waals surface area contributed by atoms with Crippen LogP contribution in [0.25, 0.3) is 5.69 Å². The molecule has 8 nitrogen and oxygen atoms in total. The van der Waals surface area contributed by atoms with Crippen molar-refractivity contribution in [2.24, 2.45) is 0 Å². The Morgan fingerprint density at radius 1 is 1.06 bits per heavy atom. The fraction of sp³-hybridized carbons (Fsp3) is 0.429. The lowest BCUT2D eigenvalue weighted by atomic mass is 10.2. The summed E-state index contributed by atoms with van der Waals surface area (Å²) in [4.78, 5) is 25.5. The van der Waals surface area contributed by atoms with E-state index < -0.39 is 43.5 Å². The molecule has 0 aliphatic carbocycles. The molecule has 1 aromatic carbocycles. The first-order valence-corrected chi connectivity index (χ1v) is 11.6. The molecule has 0 radical (unpaired) electrons. The van der Waals surface area contributed by atoms with Gasteiger partial charge >= 0.3 is 13.6 Å². The molecular weight excluding hydrogens is 428 g/mol. The highest BCUT2D eigenvalue weighted by Gasteiger charge is 2.30. The first-order chi connectivity index (χ1) is 14.6. The van der Waals surface area contributed by atoms with Crippen molar-refractivity contribution in [3.05, 3.63) is 58.3 Å². The van der Waals surface area contributed by atoms with Gasteiger partial charge in [-0.2, -0.15) is 0 Å². The van der Waals surface area contributed by atoms with Crippen LogP contribution < -0.4 is 10.3 Å². The molecule has 0 fully saturated rings. The summed E-state index contributed by atoms with van der Waals surface area (Å²) in [6, 6.07) is 6.55. The topological polar surface area (TPSA) is 93.1 Å². The number of nitrogens with zero attached hydrogens (tertiary/aromatic N) is 1. The van der Waals surface area contributed by atoms with Crippen LogP contribution >= 0.6 is 7.60 Å². The number of pyridine rings is 1. The van der Waals surface area contributed by atoms with Gasteiger partial charge in [-0.05, 0) is 65.0 Å². The quantitative estimate of drug-likeness (QED) is 0.384. The molecule has 1 aromatic heterocycles. The molecule has 0 saturated heterocycles. The predicted octanol–water partition coefficient (Wildman–Crippen LogP) is 4.53. The number of ether oxygens (including phenoxy) is 2. The van der Waals surface area contributed by atoms with E-state index in [1.54, 1.807) is 34.6 Å². The minimum Gasteiger partial charge on any atom is -0.480 e. The van der Waals surface area contributed by atoms with Crippen molar-refractivity contribution < 1.29 is 32.3 Å². The van der Waals surface area contributed by atoms with Gasteiger partial charge in [-0.1, -0.05) is 0 Å². The van der Waals surface area contributed by atoms with Crippen molar-refractivity contribution in [2.45, 2.75) is 46.8 Å². The van der Waals surface area contributed by atoms with Crippen LogP contribution in [-0.2, 0) is 18.3 Å². The number of carbonyl (C=O) groups excluding carboxylic acids is 1. The Kier molecular flexibility index (Phi) is 8.56. The Morgan fingerprint density at radius 2 is 1.65 bits per heavy atom. The van der Waals surface area contributed by atoms with E-state index in [0.29, 0.717) is 5.69 Å². The Bertz CT molecular complexity index is 988. The molecule has 0 aliphatic rings. The summed E-state index contributed by atoms with van der Waals surface area (Å²) in [5, 5.41) is 0. The molecule has 2 rings (SSSR count). The molecule has 31 heavy (non-hydrogen) atoms. The highest BCUT2D eigenvalue weighted by Crippen LogP contribution is 2.50. The fourth-order valence-corrected chi connectivity index (χ4v) is 4.47. The number of halogens is 1. The van der Waals surface area contributed by atoms with Crippen LogP contribution in [0.4, 0.5) is 4.39 Å². The van der Waals surface area contributed by atoms with E-state index in [0.717, 1.165) is 4.57 Å². The third-order valence-corrected chi connectivity index (χ3v) is 5.69. The molecule has 0 aliphatic heterocycles. The van der Waals surface area contributed by atoms with Gasteiger partial charge in [0.25, 0.3) is 5.56 Å². The van der Waals surface area contributed by atoms with E-state index in [1.165, 1.54) is 36.5 Å². The summed E-state index contributed by atoms with van der Waals surface area (Å²) in [7, 11) is -3.68. The number of aromatic nitrogens is 1. The first kappa shape index (κ1) is 24.8. The van der Waals surface area contributed by atoms with Crippen LogP contribution in [0, 0.1) is 5.82 Å². The maximum atomic E-state index is 13.2. The maximum Gasteiger partial charge on any atom is 0.368 e. The van der Waals surface area contributed by atoms with Crippen molar-refractivity contribution >= 4 is 13.6 Å². The lowest BCUT2D eigenvalue weighted by molar-refractivity contribution is 0.0518. The SMILES string of the molecule is CCOC(=O)c1c(OCP(=O)(OC(C)C)OC(C)C)ccn(-c2ccc(F)cc2)c1=O. The summed E-state index contributed by atoms with van der Waals surface area (Å²) in [5.41, 5.74) is -0.762.